The van der Waals surface area contributed by atoms with E-state index in [1.54, 1.807) is 30.3 Å². The molecule has 1 saturated heterocycles. The molecule has 7 heteroatoms. The van der Waals surface area contributed by atoms with E-state index in [4.69, 9.17) is 0 Å². The van der Waals surface area contributed by atoms with E-state index in [0.717, 1.165) is 0 Å². The lowest BCUT2D eigenvalue weighted by Gasteiger charge is -2.33. The number of piperazine rings is 1. The quantitative estimate of drug-likeness (QED) is 0.833. The Kier molecular flexibility index (Phi) is 6.37. The van der Waals surface area contributed by atoms with Crippen LogP contribution in [0.25, 0.3) is 0 Å². The molecule has 0 aliphatic carbocycles. The zero-order valence-electron chi connectivity index (χ0n) is 14.6. The minimum atomic E-state index is -3.44. The summed E-state index contributed by atoms with van der Waals surface area (Å²) < 4.78 is 26.6. The maximum atomic E-state index is 12.6. The van der Waals surface area contributed by atoms with E-state index in [1.165, 1.54) is 4.31 Å². The third-order valence-corrected chi connectivity index (χ3v) is 6.38. The van der Waals surface area contributed by atoms with Gasteiger partial charge in [0.15, 0.2) is 0 Å². The first kappa shape index (κ1) is 18.9. The van der Waals surface area contributed by atoms with Crippen molar-refractivity contribution < 1.29 is 13.2 Å². The Labute approximate surface area is 144 Å². The highest BCUT2D eigenvalue weighted by Crippen LogP contribution is 2.17. The van der Waals surface area contributed by atoms with Gasteiger partial charge in [-0.2, -0.15) is 4.31 Å². The molecule has 1 amide bonds. The van der Waals surface area contributed by atoms with Crippen molar-refractivity contribution in [2.45, 2.75) is 31.7 Å². The fourth-order valence-electron chi connectivity index (χ4n) is 2.54. The predicted molar refractivity (Wildman–Crippen MR) is 94.1 cm³/mol. The van der Waals surface area contributed by atoms with Gasteiger partial charge in [0.1, 0.15) is 0 Å². The maximum Gasteiger partial charge on any atom is 0.243 e. The lowest BCUT2D eigenvalue weighted by molar-refractivity contribution is -0.123. The third kappa shape index (κ3) is 4.78. The second-order valence-corrected chi connectivity index (χ2v) is 8.53. The Morgan fingerprint density at radius 3 is 2.21 bits per heavy atom. The molecule has 1 aromatic rings. The summed E-state index contributed by atoms with van der Waals surface area (Å²) in [5.41, 5.74) is 0. The van der Waals surface area contributed by atoms with Crippen molar-refractivity contribution in [3.05, 3.63) is 30.3 Å². The average Bonchev–Trinajstić information content (AvgIpc) is 2.56. The summed E-state index contributed by atoms with van der Waals surface area (Å²) in [5, 5.41) is 2.98. The summed E-state index contributed by atoms with van der Waals surface area (Å²) in [5.74, 6) is 0.386. The minimum Gasteiger partial charge on any atom is -0.352 e. The molecule has 1 aromatic carbocycles. The number of carbonyl (C=O) groups excluding carboxylic acids is 1. The van der Waals surface area contributed by atoms with E-state index in [9.17, 15) is 13.2 Å². The second-order valence-electron chi connectivity index (χ2n) is 6.59. The van der Waals surface area contributed by atoms with Crippen LogP contribution >= 0.6 is 0 Å². The fraction of sp³-hybridized carbons (Fsp3) is 0.588. The van der Waals surface area contributed by atoms with Gasteiger partial charge < -0.3 is 5.32 Å². The largest absolute Gasteiger partial charge is 0.352 e. The van der Waals surface area contributed by atoms with Crippen molar-refractivity contribution in [1.29, 1.82) is 0 Å². The van der Waals surface area contributed by atoms with Crippen molar-refractivity contribution in [3.8, 4) is 0 Å². The van der Waals surface area contributed by atoms with Gasteiger partial charge in [-0.15, -0.1) is 0 Å². The summed E-state index contributed by atoms with van der Waals surface area (Å²) in [6.07, 6.45) is 0. The first-order chi connectivity index (χ1) is 11.3. The molecule has 0 unspecified atom stereocenters. The van der Waals surface area contributed by atoms with Crippen LogP contribution in [0, 0.1) is 5.92 Å². The summed E-state index contributed by atoms with van der Waals surface area (Å²) >= 11 is 0. The van der Waals surface area contributed by atoms with Crippen molar-refractivity contribution in [3.63, 3.8) is 0 Å². The van der Waals surface area contributed by atoms with E-state index in [-0.39, 0.29) is 11.9 Å². The Hall–Kier alpha value is -1.44. The maximum absolute atomic E-state index is 12.6. The highest BCUT2D eigenvalue weighted by atomic mass is 32.2. The van der Waals surface area contributed by atoms with Gasteiger partial charge in [0.25, 0.3) is 0 Å². The molecule has 0 saturated carbocycles. The molecule has 24 heavy (non-hydrogen) atoms. The van der Waals surface area contributed by atoms with Crippen LogP contribution in [-0.2, 0) is 14.8 Å². The fourth-order valence-corrected chi connectivity index (χ4v) is 3.98. The van der Waals surface area contributed by atoms with Crippen molar-refractivity contribution >= 4 is 15.9 Å². The number of nitrogens with one attached hydrogen (secondary N) is 1. The minimum absolute atomic E-state index is 0.00411. The number of carbonyl (C=O) groups is 1. The molecule has 0 aromatic heterocycles. The second kappa shape index (κ2) is 8.09. The smallest absolute Gasteiger partial charge is 0.243 e. The van der Waals surface area contributed by atoms with Gasteiger partial charge in [-0.3, -0.25) is 9.69 Å². The van der Waals surface area contributed by atoms with Crippen LogP contribution in [0.2, 0.25) is 0 Å². The monoisotopic (exact) mass is 353 g/mol. The van der Waals surface area contributed by atoms with Gasteiger partial charge in [0.05, 0.1) is 11.4 Å². The van der Waals surface area contributed by atoms with E-state index in [0.29, 0.717) is 43.5 Å². The molecule has 1 atom stereocenters. The van der Waals surface area contributed by atoms with Crippen molar-refractivity contribution in [2.24, 2.45) is 5.92 Å². The number of benzene rings is 1. The van der Waals surface area contributed by atoms with Crippen LogP contribution in [-0.4, -0.2) is 62.3 Å². The zero-order chi connectivity index (χ0) is 17.7. The molecule has 134 valence electrons. The molecule has 1 heterocycles. The topological polar surface area (TPSA) is 69.7 Å². The van der Waals surface area contributed by atoms with Crippen LogP contribution in [0.3, 0.4) is 0 Å². The van der Waals surface area contributed by atoms with Crippen LogP contribution in [0.15, 0.2) is 35.2 Å². The number of nitrogens with zero attached hydrogens (tertiary/aromatic N) is 2. The van der Waals surface area contributed by atoms with Gasteiger partial charge in [0.2, 0.25) is 15.9 Å². The molecule has 6 nitrogen and oxygen atoms in total. The summed E-state index contributed by atoms with van der Waals surface area (Å²) in [7, 11) is -3.44. The molecule has 1 fully saturated rings. The first-order valence-corrected chi connectivity index (χ1v) is 9.81. The molecule has 1 aliphatic rings. The molecule has 2 rings (SSSR count). The lowest BCUT2D eigenvalue weighted by Crippen LogP contribution is -2.51. The number of rotatable bonds is 6. The Balaban J connectivity index is 1.86. The van der Waals surface area contributed by atoms with E-state index < -0.39 is 10.0 Å². The van der Waals surface area contributed by atoms with Crippen LogP contribution in [0.5, 0.6) is 0 Å². The molecule has 0 spiro atoms. The van der Waals surface area contributed by atoms with Gasteiger partial charge >= 0.3 is 0 Å². The highest BCUT2D eigenvalue weighted by molar-refractivity contribution is 7.89. The van der Waals surface area contributed by atoms with E-state index in [1.807, 2.05) is 11.8 Å². The number of hydrogen-bond donors (Lipinski definition) is 1. The first-order valence-electron chi connectivity index (χ1n) is 8.37. The number of sulfonamides is 1. The van der Waals surface area contributed by atoms with Crippen molar-refractivity contribution in [1.82, 2.24) is 14.5 Å². The highest BCUT2D eigenvalue weighted by Gasteiger charge is 2.29. The molecule has 0 radical (unpaired) electrons. The van der Waals surface area contributed by atoms with Crippen molar-refractivity contribution in [2.75, 3.05) is 32.7 Å². The molecular weight excluding hydrogens is 326 g/mol. The average molecular weight is 353 g/mol. The summed E-state index contributed by atoms with van der Waals surface area (Å²) in [6.45, 7) is 8.39. The molecule has 0 bridgehead atoms. The van der Waals surface area contributed by atoms with Gasteiger partial charge in [-0.05, 0) is 25.0 Å². The summed E-state index contributed by atoms with van der Waals surface area (Å²) in [4.78, 5) is 14.4. The van der Waals surface area contributed by atoms with Crippen LogP contribution in [0.4, 0.5) is 0 Å². The summed E-state index contributed by atoms with van der Waals surface area (Å²) in [6, 6.07) is 8.61. The van der Waals surface area contributed by atoms with E-state index in [2.05, 4.69) is 19.2 Å². The Morgan fingerprint density at radius 1 is 1.08 bits per heavy atom. The molecular formula is C17H27N3O3S. The Morgan fingerprint density at radius 2 is 1.67 bits per heavy atom. The predicted octanol–water partition coefficient (Wildman–Crippen LogP) is 1.15. The SMILES string of the molecule is CC(C)[C@H](C)NC(=O)CN1CCN(S(=O)(=O)c2ccccc2)CC1. The molecule has 1 aliphatic heterocycles. The van der Waals surface area contributed by atoms with Crippen LogP contribution in [0.1, 0.15) is 20.8 Å². The normalized spacial score (nSPS) is 18.5. The van der Waals surface area contributed by atoms with Gasteiger partial charge in [-0.1, -0.05) is 32.0 Å². The number of amides is 1. The van der Waals surface area contributed by atoms with Gasteiger partial charge in [-0.25, -0.2) is 8.42 Å². The lowest BCUT2D eigenvalue weighted by atomic mass is 10.1. The van der Waals surface area contributed by atoms with Crippen LogP contribution < -0.4 is 5.32 Å². The number of hydrogen-bond acceptors (Lipinski definition) is 4. The molecule has 1 N–H and O–H groups in total. The van der Waals surface area contributed by atoms with Gasteiger partial charge in [0, 0.05) is 32.2 Å². The van der Waals surface area contributed by atoms with E-state index >= 15 is 0 Å². The zero-order valence-corrected chi connectivity index (χ0v) is 15.4. The standard InChI is InChI=1S/C17H27N3O3S/c1-14(2)15(3)18-17(21)13-19-9-11-20(12-10-19)24(22,23)16-7-5-4-6-8-16/h4-8,14-15H,9-13H2,1-3H3,(H,18,21)/t15-/m0/s1. The Bertz CT molecular complexity index is 638. The third-order valence-electron chi connectivity index (χ3n) is 4.47.